The van der Waals surface area contributed by atoms with Crippen LogP contribution in [0.3, 0.4) is 0 Å². The molecule has 4 aromatic carbocycles. The smallest absolute Gasteiger partial charge is 0.0316 e. The maximum Gasteiger partial charge on any atom is 0.0316 e. The molecule has 2 nitrogen and oxygen atoms in total. The minimum absolute atomic E-state index is 0.400. The standard InChI is InChI=1S/C54H80N2/c1-6-9-12-14-16-18-20-23-26-53(50-38-36-48(55)40-42(50)4)46-32-28-44(29-33-46)52(25-22-11-8-3)45-30-34-47(35-31-45)54(51-39-37-49(56)41-43(51)5)27-24-21-19-17-15-13-10-7-2/h28-41,52-54H,6-27,55-56H2,1-5H3. The van der Waals surface area contributed by atoms with E-state index in [2.05, 4.69) is 120 Å². The molecule has 0 saturated heterocycles. The maximum absolute atomic E-state index is 6.23. The molecule has 0 aromatic heterocycles. The largest absolute Gasteiger partial charge is 0.399 e. The van der Waals surface area contributed by atoms with Crippen LogP contribution in [0, 0.1) is 13.8 Å². The van der Waals surface area contributed by atoms with Crippen molar-refractivity contribution < 1.29 is 0 Å². The van der Waals surface area contributed by atoms with E-state index in [0.717, 1.165) is 11.4 Å². The Morgan fingerprint density at radius 3 is 0.946 bits per heavy atom. The van der Waals surface area contributed by atoms with Gasteiger partial charge in [0.2, 0.25) is 0 Å². The van der Waals surface area contributed by atoms with Crippen molar-refractivity contribution in [3.8, 4) is 0 Å². The molecular weight excluding hydrogens is 677 g/mol. The average Bonchev–Trinajstić information content (AvgIpc) is 3.20. The van der Waals surface area contributed by atoms with E-state index < -0.39 is 0 Å². The average molecular weight is 757 g/mol. The molecule has 4 rings (SSSR count). The molecule has 0 saturated carbocycles. The third-order valence-corrected chi connectivity index (χ3v) is 12.6. The summed E-state index contributed by atoms with van der Waals surface area (Å²) in [4.78, 5) is 0. The van der Waals surface area contributed by atoms with Gasteiger partial charge in [-0.25, -0.2) is 0 Å². The summed E-state index contributed by atoms with van der Waals surface area (Å²) in [5.41, 5.74) is 25.4. The highest BCUT2D eigenvalue weighted by atomic mass is 14.5. The minimum Gasteiger partial charge on any atom is -0.399 e. The van der Waals surface area contributed by atoms with Crippen LogP contribution < -0.4 is 11.5 Å². The molecule has 0 heterocycles. The Morgan fingerprint density at radius 2 is 0.607 bits per heavy atom. The van der Waals surface area contributed by atoms with Crippen LogP contribution in [0.4, 0.5) is 11.4 Å². The van der Waals surface area contributed by atoms with Gasteiger partial charge in [0.25, 0.3) is 0 Å². The Bertz CT molecular complexity index is 1520. The first-order valence-corrected chi connectivity index (χ1v) is 23.3. The molecule has 4 aromatic rings. The summed E-state index contributed by atoms with van der Waals surface area (Å²) < 4.78 is 0. The number of unbranched alkanes of at least 4 members (excludes halogenated alkanes) is 16. The van der Waals surface area contributed by atoms with Gasteiger partial charge in [0, 0.05) is 29.1 Å². The first kappa shape index (κ1) is 45.2. The predicted octanol–water partition coefficient (Wildman–Crippen LogP) is 16.5. The third kappa shape index (κ3) is 14.8. The van der Waals surface area contributed by atoms with Gasteiger partial charge in [0.1, 0.15) is 0 Å². The number of nitrogens with two attached hydrogens (primary N) is 2. The van der Waals surface area contributed by atoms with Gasteiger partial charge in [-0.1, -0.05) is 203 Å². The SMILES string of the molecule is CCCCCCCCCCC(c1ccc(C(CCCCC)c2ccc(C(CCCCCCCCCC)c3ccc(N)cc3C)cc2)cc1)c1ccc(N)cc1C. The lowest BCUT2D eigenvalue weighted by molar-refractivity contribution is 0.550. The van der Waals surface area contributed by atoms with Gasteiger partial charge in [-0.2, -0.15) is 0 Å². The molecule has 4 N–H and O–H groups in total. The summed E-state index contributed by atoms with van der Waals surface area (Å²) >= 11 is 0. The zero-order chi connectivity index (χ0) is 40.0. The lowest BCUT2D eigenvalue weighted by atomic mass is 9.81. The van der Waals surface area contributed by atoms with Crippen LogP contribution in [-0.4, -0.2) is 0 Å². The molecule has 0 aliphatic rings. The van der Waals surface area contributed by atoms with Crippen molar-refractivity contribution in [1.29, 1.82) is 0 Å². The molecule has 0 bridgehead atoms. The highest BCUT2D eigenvalue weighted by Gasteiger charge is 2.21. The molecule has 0 fully saturated rings. The van der Waals surface area contributed by atoms with Crippen molar-refractivity contribution in [2.24, 2.45) is 0 Å². The predicted molar refractivity (Wildman–Crippen MR) is 248 cm³/mol. The first-order valence-electron chi connectivity index (χ1n) is 23.3. The second-order valence-electron chi connectivity index (χ2n) is 17.2. The van der Waals surface area contributed by atoms with E-state index in [4.69, 9.17) is 11.5 Å². The zero-order valence-corrected chi connectivity index (χ0v) is 36.5. The van der Waals surface area contributed by atoms with Crippen molar-refractivity contribution in [2.45, 2.75) is 194 Å². The fraction of sp³-hybridized carbons (Fsp3) is 0.556. The van der Waals surface area contributed by atoms with Gasteiger partial charge in [0.05, 0.1) is 0 Å². The number of anilines is 2. The van der Waals surface area contributed by atoms with E-state index in [1.54, 1.807) is 0 Å². The molecule has 0 amide bonds. The van der Waals surface area contributed by atoms with Crippen molar-refractivity contribution in [2.75, 3.05) is 11.5 Å². The van der Waals surface area contributed by atoms with E-state index in [9.17, 15) is 0 Å². The Labute approximate surface area is 344 Å². The van der Waals surface area contributed by atoms with E-state index in [0.29, 0.717) is 17.8 Å². The molecule has 0 radical (unpaired) electrons. The molecule has 0 aliphatic carbocycles. The summed E-state index contributed by atoms with van der Waals surface area (Å²) in [6.45, 7) is 11.4. The van der Waals surface area contributed by atoms with E-state index in [1.165, 1.54) is 186 Å². The van der Waals surface area contributed by atoms with Gasteiger partial charge in [0.15, 0.2) is 0 Å². The molecule has 2 heteroatoms. The summed E-state index contributed by atoms with van der Waals surface area (Å²) in [5, 5.41) is 0. The Balaban J connectivity index is 1.53. The van der Waals surface area contributed by atoms with E-state index in [1.807, 2.05) is 0 Å². The van der Waals surface area contributed by atoms with Gasteiger partial charge >= 0.3 is 0 Å². The Kier molecular flexibility index (Phi) is 20.7. The summed E-state index contributed by atoms with van der Waals surface area (Å²) in [5.74, 6) is 1.20. The third-order valence-electron chi connectivity index (χ3n) is 12.6. The van der Waals surface area contributed by atoms with E-state index in [-0.39, 0.29) is 0 Å². The zero-order valence-electron chi connectivity index (χ0n) is 36.5. The number of rotatable bonds is 28. The topological polar surface area (TPSA) is 52.0 Å². The van der Waals surface area contributed by atoms with Gasteiger partial charge in [-0.3, -0.25) is 0 Å². The van der Waals surface area contributed by atoms with Crippen LogP contribution in [-0.2, 0) is 0 Å². The summed E-state index contributed by atoms with van der Waals surface area (Å²) in [6, 6.07) is 32.7. The number of nitrogen functional groups attached to an aromatic ring is 2. The number of hydrogen-bond donors (Lipinski definition) is 2. The fourth-order valence-electron chi connectivity index (χ4n) is 9.19. The normalized spacial score (nSPS) is 13.2. The van der Waals surface area contributed by atoms with Gasteiger partial charge in [-0.15, -0.1) is 0 Å². The number of hydrogen-bond acceptors (Lipinski definition) is 2. The van der Waals surface area contributed by atoms with Gasteiger partial charge in [-0.05, 0) is 102 Å². The van der Waals surface area contributed by atoms with Crippen LogP contribution in [0.5, 0.6) is 0 Å². The van der Waals surface area contributed by atoms with Crippen molar-refractivity contribution >= 4 is 11.4 Å². The molecule has 306 valence electrons. The van der Waals surface area contributed by atoms with Crippen molar-refractivity contribution in [3.63, 3.8) is 0 Å². The Hall–Kier alpha value is -3.52. The second kappa shape index (κ2) is 25.7. The lowest BCUT2D eigenvalue weighted by Crippen LogP contribution is -2.07. The first-order chi connectivity index (χ1) is 27.4. The highest BCUT2D eigenvalue weighted by molar-refractivity contribution is 5.50. The molecule has 0 spiro atoms. The molecule has 56 heavy (non-hydrogen) atoms. The van der Waals surface area contributed by atoms with Crippen LogP contribution in [0.25, 0.3) is 0 Å². The second-order valence-corrected chi connectivity index (χ2v) is 17.2. The molecule has 2 unspecified atom stereocenters. The Morgan fingerprint density at radius 1 is 0.339 bits per heavy atom. The minimum atomic E-state index is 0.400. The van der Waals surface area contributed by atoms with Crippen LogP contribution in [0.1, 0.15) is 224 Å². The molecule has 0 aliphatic heterocycles. The number of benzene rings is 4. The lowest BCUT2D eigenvalue weighted by Gasteiger charge is -2.24. The van der Waals surface area contributed by atoms with Crippen molar-refractivity contribution in [3.05, 3.63) is 129 Å². The number of aryl methyl sites for hydroxylation is 2. The van der Waals surface area contributed by atoms with Crippen LogP contribution in [0.15, 0.2) is 84.9 Å². The van der Waals surface area contributed by atoms with Crippen LogP contribution >= 0.6 is 0 Å². The van der Waals surface area contributed by atoms with Gasteiger partial charge < -0.3 is 11.5 Å². The van der Waals surface area contributed by atoms with Crippen LogP contribution in [0.2, 0.25) is 0 Å². The fourth-order valence-corrected chi connectivity index (χ4v) is 9.19. The summed E-state index contributed by atoms with van der Waals surface area (Å²) in [7, 11) is 0. The van der Waals surface area contributed by atoms with Crippen molar-refractivity contribution in [1.82, 2.24) is 0 Å². The quantitative estimate of drug-likeness (QED) is 0.0448. The molecular formula is C54H80N2. The summed E-state index contributed by atoms with van der Waals surface area (Å²) in [6.07, 6.45) is 28.9. The van der Waals surface area contributed by atoms with E-state index >= 15 is 0 Å². The maximum atomic E-state index is 6.23. The highest BCUT2D eigenvalue weighted by Crippen LogP contribution is 2.38. The monoisotopic (exact) mass is 757 g/mol. The molecule has 2 atom stereocenters.